The first-order valence-electron chi connectivity index (χ1n) is 10.0. The van der Waals surface area contributed by atoms with Gasteiger partial charge in [0.05, 0.1) is 11.6 Å². The van der Waals surface area contributed by atoms with Crippen molar-refractivity contribution < 1.29 is 19.4 Å². The molecule has 0 aliphatic carbocycles. The molecule has 1 aromatic rings. The predicted octanol–water partition coefficient (Wildman–Crippen LogP) is 1.74. The molecule has 0 spiro atoms. The summed E-state index contributed by atoms with van der Waals surface area (Å²) in [5, 5.41) is 8.95. The Bertz CT molecular complexity index is 679. The summed E-state index contributed by atoms with van der Waals surface area (Å²) in [5.41, 5.74) is 0.566. The Morgan fingerprint density at radius 1 is 1.32 bits per heavy atom. The number of aromatic nitrogens is 1. The first kappa shape index (κ1) is 20.4. The second-order valence-corrected chi connectivity index (χ2v) is 7.70. The van der Waals surface area contributed by atoms with Gasteiger partial charge in [-0.1, -0.05) is 0 Å². The second-order valence-electron chi connectivity index (χ2n) is 7.70. The van der Waals surface area contributed by atoms with E-state index in [9.17, 15) is 9.59 Å². The van der Waals surface area contributed by atoms with Gasteiger partial charge in [0, 0.05) is 53.0 Å². The Morgan fingerprint density at radius 3 is 2.79 bits per heavy atom. The highest BCUT2D eigenvalue weighted by molar-refractivity contribution is 5.93. The number of piperidine rings is 1. The number of amides is 2. The Labute approximate surface area is 166 Å². The summed E-state index contributed by atoms with van der Waals surface area (Å²) in [7, 11) is 3.44. The molecule has 154 valence electrons. The fourth-order valence-corrected chi connectivity index (χ4v) is 3.87. The quantitative estimate of drug-likeness (QED) is 0.796. The topological polar surface area (TPSA) is 86.2 Å². The van der Waals surface area contributed by atoms with Crippen LogP contribution < -0.4 is 4.90 Å². The van der Waals surface area contributed by atoms with Crippen LogP contribution in [0.3, 0.4) is 0 Å². The molecule has 1 aromatic heterocycles. The predicted molar refractivity (Wildman–Crippen MR) is 105 cm³/mol. The van der Waals surface area contributed by atoms with Crippen molar-refractivity contribution in [3.05, 3.63) is 23.9 Å². The van der Waals surface area contributed by atoms with Gasteiger partial charge in [-0.2, -0.15) is 0 Å². The van der Waals surface area contributed by atoms with E-state index >= 15 is 0 Å². The fourth-order valence-electron chi connectivity index (χ4n) is 3.87. The number of carbonyl (C=O) groups is 2. The maximum Gasteiger partial charge on any atom is 0.410 e. The summed E-state index contributed by atoms with van der Waals surface area (Å²) in [5.74, 6) is 0.758. The molecule has 0 saturated carbocycles. The van der Waals surface area contributed by atoms with Gasteiger partial charge in [-0.15, -0.1) is 0 Å². The summed E-state index contributed by atoms with van der Waals surface area (Å²) in [4.78, 5) is 34.5. The van der Waals surface area contributed by atoms with Crippen LogP contribution in [0.5, 0.6) is 0 Å². The van der Waals surface area contributed by atoms with Crippen molar-refractivity contribution in [3.63, 3.8) is 0 Å². The smallest absolute Gasteiger partial charge is 0.410 e. The van der Waals surface area contributed by atoms with E-state index in [1.54, 1.807) is 26.4 Å². The molecule has 2 fully saturated rings. The first-order valence-corrected chi connectivity index (χ1v) is 10.0. The van der Waals surface area contributed by atoms with Crippen LogP contribution >= 0.6 is 0 Å². The molecule has 2 amide bonds. The Morgan fingerprint density at radius 2 is 2.14 bits per heavy atom. The molecule has 3 heterocycles. The maximum absolute atomic E-state index is 12.5. The molecule has 0 bridgehead atoms. The lowest BCUT2D eigenvalue weighted by molar-refractivity contribution is 0.00385. The largest absolute Gasteiger partial charge is 0.446 e. The number of rotatable bonds is 6. The van der Waals surface area contributed by atoms with Crippen molar-refractivity contribution >= 4 is 17.8 Å². The molecule has 0 radical (unpaired) electrons. The molecule has 1 N–H and O–H groups in total. The highest BCUT2D eigenvalue weighted by Crippen LogP contribution is 2.25. The fraction of sp³-hybridized carbons (Fsp3) is 0.650. The molecule has 2 saturated heterocycles. The number of nitrogens with zero attached hydrogens (tertiary/aromatic N) is 4. The van der Waals surface area contributed by atoms with Gasteiger partial charge in [0.1, 0.15) is 11.9 Å². The van der Waals surface area contributed by atoms with E-state index in [-0.39, 0.29) is 30.8 Å². The average Bonchev–Trinajstić information content (AvgIpc) is 2.72. The van der Waals surface area contributed by atoms with Gasteiger partial charge < -0.3 is 24.5 Å². The number of carbonyl (C=O) groups excluding carboxylic acids is 2. The van der Waals surface area contributed by atoms with Gasteiger partial charge in [-0.3, -0.25) is 4.79 Å². The Hall–Kier alpha value is -2.35. The summed E-state index contributed by atoms with van der Waals surface area (Å²) < 4.78 is 5.56. The standard InChI is InChI=1S/C20H30N4O4/c1-22(2)19(26)15-7-8-18(21-13-15)23-10-3-5-16(14-23)24-11-9-17(6-4-12-25)28-20(24)27/h7-8,13,16-17,25H,3-6,9-12,14H2,1-2H3. The van der Waals surface area contributed by atoms with Crippen molar-refractivity contribution in [3.8, 4) is 0 Å². The van der Waals surface area contributed by atoms with E-state index in [2.05, 4.69) is 9.88 Å². The molecule has 0 aromatic carbocycles. The lowest BCUT2D eigenvalue weighted by Crippen LogP contribution is -2.54. The number of aliphatic hydroxyl groups excluding tert-OH is 1. The SMILES string of the molecule is CN(C)C(=O)c1ccc(N2CCCC(N3CCC(CCCO)OC3=O)C2)nc1. The summed E-state index contributed by atoms with van der Waals surface area (Å²) >= 11 is 0. The zero-order valence-electron chi connectivity index (χ0n) is 16.7. The third kappa shape index (κ3) is 4.73. The molecule has 2 unspecified atom stereocenters. The summed E-state index contributed by atoms with van der Waals surface area (Å²) in [6, 6.07) is 3.78. The minimum absolute atomic E-state index is 0.0672. The highest BCUT2D eigenvalue weighted by Gasteiger charge is 2.34. The number of anilines is 1. The Kier molecular flexibility index (Phi) is 6.72. The van der Waals surface area contributed by atoms with Crippen LogP contribution in [-0.4, -0.2) is 84.4 Å². The van der Waals surface area contributed by atoms with Gasteiger partial charge >= 0.3 is 6.09 Å². The van der Waals surface area contributed by atoms with Crippen molar-refractivity contribution in [1.29, 1.82) is 0 Å². The van der Waals surface area contributed by atoms with E-state index < -0.39 is 0 Å². The molecular formula is C20H30N4O4. The number of cyclic esters (lactones) is 1. The Balaban J connectivity index is 1.60. The van der Waals surface area contributed by atoms with Gasteiger partial charge in [0.2, 0.25) is 0 Å². The van der Waals surface area contributed by atoms with Crippen molar-refractivity contribution in [2.75, 3.05) is 45.2 Å². The van der Waals surface area contributed by atoms with E-state index in [0.29, 0.717) is 25.1 Å². The number of ether oxygens (including phenoxy) is 1. The number of hydrogen-bond donors (Lipinski definition) is 1. The van der Waals surface area contributed by atoms with Crippen LogP contribution in [0.2, 0.25) is 0 Å². The van der Waals surface area contributed by atoms with Crippen molar-refractivity contribution in [2.45, 2.75) is 44.2 Å². The summed E-state index contributed by atoms with van der Waals surface area (Å²) in [6.07, 6.45) is 5.39. The van der Waals surface area contributed by atoms with Crippen molar-refractivity contribution in [2.24, 2.45) is 0 Å². The molecular weight excluding hydrogens is 360 g/mol. The van der Waals surface area contributed by atoms with Crippen LogP contribution in [0.25, 0.3) is 0 Å². The van der Waals surface area contributed by atoms with Crippen LogP contribution in [0.1, 0.15) is 42.5 Å². The molecule has 8 nitrogen and oxygen atoms in total. The first-order chi connectivity index (χ1) is 13.5. The monoisotopic (exact) mass is 390 g/mol. The molecule has 8 heteroatoms. The zero-order chi connectivity index (χ0) is 20.1. The molecule has 28 heavy (non-hydrogen) atoms. The minimum Gasteiger partial charge on any atom is -0.446 e. The number of pyridine rings is 1. The van der Waals surface area contributed by atoms with Crippen molar-refractivity contribution in [1.82, 2.24) is 14.8 Å². The maximum atomic E-state index is 12.5. The van der Waals surface area contributed by atoms with Gasteiger partial charge in [-0.05, 0) is 37.8 Å². The van der Waals surface area contributed by atoms with Gasteiger partial charge in [-0.25, -0.2) is 9.78 Å². The minimum atomic E-state index is -0.249. The molecule has 2 aliphatic heterocycles. The van der Waals surface area contributed by atoms with E-state index in [0.717, 1.165) is 38.0 Å². The third-order valence-electron chi connectivity index (χ3n) is 5.44. The lowest BCUT2D eigenvalue weighted by atomic mass is 10.0. The van der Waals surface area contributed by atoms with Crippen LogP contribution in [0, 0.1) is 0 Å². The number of aliphatic hydroxyl groups is 1. The van der Waals surface area contributed by atoms with Gasteiger partial charge in [0.25, 0.3) is 5.91 Å². The molecule has 2 atom stereocenters. The third-order valence-corrected chi connectivity index (χ3v) is 5.44. The second kappa shape index (κ2) is 9.23. The van der Waals surface area contributed by atoms with Crippen LogP contribution in [0.4, 0.5) is 10.6 Å². The average molecular weight is 390 g/mol. The lowest BCUT2D eigenvalue weighted by Gasteiger charge is -2.42. The van der Waals surface area contributed by atoms with Gasteiger partial charge in [0.15, 0.2) is 0 Å². The highest BCUT2D eigenvalue weighted by atomic mass is 16.6. The number of hydrogen-bond acceptors (Lipinski definition) is 6. The molecule has 2 aliphatic rings. The van der Waals surface area contributed by atoms with Crippen LogP contribution in [-0.2, 0) is 4.74 Å². The van der Waals surface area contributed by atoms with E-state index in [1.165, 1.54) is 4.90 Å². The van der Waals surface area contributed by atoms with Crippen LogP contribution in [0.15, 0.2) is 18.3 Å². The zero-order valence-corrected chi connectivity index (χ0v) is 16.7. The normalized spacial score (nSPS) is 22.8. The summed E-state index contributed by atoms with van der Waals surface area (Å²) in [6.45, 7) is 2.41. The van der Waals surface area contributed by atoms with E-state index in [4.69, 9.17) is 9.84 Å². The molecule has 3 rings (SSSR count). The van der Waals surface area contributed by atoms with E-state index in [1.807, 2.05) is 11.0 Å².